The van der Waals surface area contributed by atoms with E-state index in [1.54, 1.807) is 0 Å². The number of amides is 1. The second kappa shape index (κ2) is 9.31. The fourth-order valence-corrected chi connectivity index (χ4v) is 2.39. The maximum absolute atomic E-state index is 13.0. The smallest absolute Gasteiger partial charge is 0.418 e. The summed E-state index contributed by atoms with van der Waals surface area (Å²) in [4.78, 5) is 24.1. The monoisotopic (exact) mass is 411 g/mol. The van der Waals surface area contributed by atoms with E-state index >= 15 is 0 Å². The summed E-state index contributed by atoms with van der Waals surface area (Å²) in [7, 11) is 1.41. The predicted molar refractivity (Wildman–Crippen MR) is 99.1 cm³/mol. The van der Waals surface area contributed by atoms with E-state index in [9.17, 15) is 22.8 Å². The fourth-order valence-electron chi connectivity index (χ4n) is 2.39. The molecule has 29 heavy (non-hydrogen) atoms. The minimum absolute atomic E-state index is 0.0986. The average molecular weight is 411 g/mol. The molecule has 1 amide bonds. The Kier molecular flexibility index (Phi) is 7.08. The van der Waals surface area contributed by atoms with E-state index in [0.717, 1.165) is 12.1 Å². The van der Waals surface area contributed by atoms with Crippen LogP contribution in [0.4, 0.5) is 18.9 Å². The summed E-state index contributed by atoms with van der Waals surface area (Å²) in [5, 5.41) is 2.10. The van der Waals surface area contributed by atoms with Crippen LogP contribution < -0.4 is 14.8 Å². The second-order valence-corrected chi connectivity index (χ2v) is 6.20. The molecule has 156 valence electrons. The van der Waals surface area contributed by atoms with Gasteiger partial charge in [-0.15, -0.1) is 0 Å². The lowest BCUT2D eigenvalue weighted by Crippen LogP contribution is -2.22. The number of esters is 1. The van der Waals surface area contributed by atoms with Crippen LogP contribution in [0.15, 0.2) is 42.5 Å². The van der Waals surface area contributed by atoms with Crippen LogP contribution in [-0.4, -0.2) is 31.7 Å². The first-order valence-corrected chi connectivity index (χ1v) is 8.59. The van der Waals surface area contributed by atoms with E-state index in [2.05, 4.69) is 5.32 Å². The van der Waals surface area contributed by atoms with Gasteiger partial charge in [-0.2, -0.15) is 13.2 Å². The highest BCUT2D eigenvalue weighted by Crippen LogP contribution is 2.34. The first-order chi connectivity index (χ1) is 13.6. The van der Waals surface area contributed by atoms with Gasteiger partial charge in [-0.1, -0.05) is 12.1 Å². The molecule has 0 saturated heterocycles. The van der Waals surface area contributed by atoms with Gasteiger partial charge in [0.25, 0.3) is 5.91 Å². The standard InChI is InChI=1S/C20H20F3NO5/c1-12(2)29-16-9-8-13(10-17(16)27-3)19(26)28-11-18(25)24-15-7-5-4-6-14(15)20(21,22)23/h4-10,12H,11H2,1-3H3,(H,24,25). The van der Waals surface area contributed by atoms with Crippen LogP contribution in [-0.2, 0) is 15.7 Å². The largest absolute Gasteiger partial charge is 0.493 e. The van der Waals surface area contributed by atoms with Gasteiger partial charge in [0.1, 0.15) is 0 Å². The molecule has 6 nitrogen and oxygen atoms in total. The zero-order chi connectivity index (χ0) is 21.6. The Labute approximate surface area is 165 Å². The van der Waals surface area contributed by atoms with E-state index < -0.39 is 35.9 Å². The minimum Gasteiger partial charge on any atom is -0.493 e. The zero-order valence-corrected chi connectivity index (χ0v) is 16.0. The Balaban J connectivity index is 2.02. The number of halogens is 3. The van der Waals surface area contributed by atoms with Gasteiger partial charge in [0, 0.05) is 0 Å². The number of methoxy groups -OCH3 is 1. The summed E-state index contributed by atoms with van der Waals surface area (Å²) in [5.74, 6) is -1.00. The molecule has 0 aliphatic heterocycles. The quantitative estimate of drug-likeness (QED) is 0.688. The number of rotatable bonds is 7. The van der Waals surface area contributed by atoms with Crippen LogP contribution in [0.2, 0.25) is 0 Å². The van der Waals surface area contributed by atoms with Gasteiger partial charge >= 0.3 is 12.1 Å². The van der Waals surface area contributed by atoms with Crippen LogP contribution in [0.1, 0.15) is 29.8 Å². The Morgan fingerprint density at radius 1 is 1.07 bits per heavy atom. The third-order valence-electron chi connectivity index (χ3n) is 3.60. The van der Waals surface area contributed by atoms with E-state index in [1.807, 2.05) is 13.8 Å². The summed E-state index contributed by atoms with van der Waals surface area (Å²) >= 11 is 0. The highest BCUT2D eigenvalue weighted by Gasteiger charge is 2.33. The van der Waals surface area contributed by atoms with Crippen molar-refractivity contribution in [3.63, 3.8) is 0 Å². The van der Waals surface area contributed by atoms with Crippen molar-refractivity contribution in [3.05, 3.63) is 53.6 Å². The Morgan fingerprint density at radius 2 is 1.76 bits per heavy atom. The number of alkyl halides is 3. The van der Waals surface area contributed by atoms with Crippen molar-refractivity contribution >= 4 is 17.6 Å². The normalized spacial score (nSPS) is 11.1. The van der Waals surface area contributed by atoms with E-state index in [0.29, 0.717) is 11.5 Å². The number of anilines is 1. The van der Waals surface area contributed by atoms with E-state index in [4.69, 9.17) is 14.2 Å². The van der Waals surface area contributed by atoms with Crippen molar-refractivity contribution in [2.75, 3.05) is 19.0 Å². The lowest BCUT2D eigenvalue weighted by atomic mass is 10.1. The van der Waals surface area contributed by atoms with Crippen molar-refractivity contribution < 1.29 is 37.0 Å². The second-order valence-electron chi connectivity index (χ2n) is 6.20. The molecule has 9 heteroatoms. The first kappa shape index (κ1) is 22.1. The molecule has 2 rings (SSSR count). The number of hydrogen-bond donors (Lipinski definition) is 1. The van der Waals surface area contributed by atoms with Crippen molar-refractivity contribution in [2.24, 2.45) is 0 Å². The zero-order valence-electron chi connectivity index (χ0n) is 16.0. The Bertz CT molecular complexity index is 881. The topological polar surface area (TPSA) is 73.9 Å². The molecular formula is C20H20F3NO5. The number of nitrogens with one attached hydrogen (secondary N) is 1. The SMILES string of the molecule is COc1cc(C(=O)OCC(=O)Nc2ccccc2C(F)(F)F)ccc1OC(C)C. The number of benzene rings is 2. The molecule has 2 aromatic carbocycles. The molecule has 0 aromatic heterocycles. The molecule has 0 fully saturated rings. The van der Waals surface area contributed by atoms with E-state index in [1.165, 1.54) is 37.4 Å². The van der Waals surface area contributed by atoms with Gasteiger partial charge in [0.15, 0.2) is 18.1 Å². The van der Waals surface area contributed by atoms with Gasteiger partial charge < -0.3 is 19.5 Å². The molecule has 0 atom stereocenters. The van der Waals surface area contributed by atoms with Gasteiger partial charge in [0.05, 0.1) is 30.0 Å². The summed E-state index contributed by atoms with van der Waals surface area (Å²) in [6.45, 7) is 2.91. The number of carbonyl (C=O) groups is 2. The molecule has 2 aromatic rings. The molecule has 0 spiro atoms. The van der Waals surface area contributed by atoms with Crippen LogP contribution >= 0.6 is 0 Å². The molecule has 1 N–H and O–H groups in total. The van der Waals surface area contributed by atoms with Crippen LogP contribution in [0.3, 0.4) is 0 Å². The molecule has 0 heterocycles. The van der Waals surface area contributed by atoms with Gasteiger partial charge in [0.2, 0.25) is 0 Å². The highest BCUT2D eigenvalue weighted by atomic mass is 19.4. The number of carbonyl (C=O) groups excluding carboxylic acids is 2. The van der Waals surface area contributed by atoms with Crippen molar-refractivity contribution in [1.29, 1.82) is 0 Å². The lowest BCUT2D eigenvalue weighted by Gasteiger charge is -2.15. The number of hydrogen-bond acceptors (Lipinski definition) is 5. The summed E-state index contributed by atoms with van der Waals surface area (Å²) in [5.41, 5.74) is -1.32. The molecule has 0 saturated carbocycles. The minimum atomic E-state index is -4.63. The van der Waals surface area contributed by atoms with Gasteiger partial charge in [-0.3, -0.25) is 4.79 Å². The molecule has 0 aliphatic carbocycles. The molecule has 0 bridgehead atoms. The summed E-state index contributed by atoms with van der Waals surface area (Å²) < 4.78 is 54.5. The fraction of sp³-hybridized carbons (Fsp3) is 0.300. The van der Waals surface area contributed by atoms with Crippen LogP contribution in [0.5, 0.6) is 11.5 Å². The lowest BCUT2D eigenvalue weighted by molar-refractivity contribution is -0.137. The highest BCUT2D eigenvalue weighted by molar-refractivity contribution is 5.96. The first-order valence-electron chi connectivity index (χ1n) is 8.59. The average Bonchev–Trinajstić information content (AvgIpc) is 2.65. The predicted octanol–water partition coefficient (Wildman–Crippen LogP) is 4.30. The maximum Gasteiger partial charge on any atom is 0.418 e. The third-order valence-corrected chi connectivity index (χ3v) is 3.60. The van der Waals surface area contributed by atoms with Crippen molar-refractivity contribution in [2.45, 2.75) is 26.1 Å². The number of ether oxygens (including phenoxy) is 3. The molecule has 0 unspecified atom stereocenters. The molecule has 0 radical (unpaired) electrons. The van der Waals surface area contributed by atoms with Crippen molar-refractivity contribution in [3.8, 4) is 11.5 Å². The summed E-state index contributed by atoms with van der Waals surface area (Å²) in [6, 6.07) is 8.85. The van der Waals surface area contributed by atoms with Crippen molar-refractivity contribution in [1.82, 2.24) is 0 Å². The number of para-hydroxylation sites is 1. The van der Waals surface area contributed by atoms with Gasteiger partial charge in [-0.05, 0) is 44.2 Å². The maximum atomic E-state index is 13.0. The van der Waals surface area contributed by atoms with Gasteiger partial charge in [-0.25, -0.2) is 4.79 Å². The molecule has 0 aliphatic rings. The third kappa shape index (κ3) is 6.13. The summed E-state index contributed by atoms with van der Waals surface area (Å²) in [6.07, 6.45) is -4.73. The van der Waals surface area contributed by atoms with E-state index in [-0.39, 0.29) is 11.7 Å². The Morgan fingerprint density at radius 3 is 2.38 bits per heavy atom. The van der Waals surface area contributed by atoms with Crippen LogP contribution in [0, 0.1) is 0 Å². The molecular weight excluding hydrogens is 391 g/mol. The van der Waals surface area contributed by atoms with Crippen LogP contribution in [0.25, 0.3) is 0 Å². The Hall–Kier alpha value is -3.23.